The van der Waals surface area contributed by atoms with Crippen molar-refractivity contribution >= 4 is 76.2 Å². The minimum Gasteiger partial charge on any atom is -0.308 e. The van der Waals surface area contributed by atoms with E-state index in [-0.39, 0.29) is 0 Å². The third kappa shape index (κ3) is 2.85. The molecule has 234 valence electrons. The zero-order valence-electron chi connectivity index (χ0n) is 27.6. The second-order valence-electron chi connectivity index (χ2n) is 14.4. The lowest BCUT2D eigenvalue weighted by Gasteiger charge is -2.34. The Morgan fingerprint density at radius 1 is 0.333 bits per heavy atom. The summed E-state index contributed by atoms with van der Waals surface area (Å²) in [4.78, 5) is 0. The molecule has 0 aliphatic heterocycles. The van der Waals surface area contributed by atoms with Crippen LogP contribution in [-0.2, 0) is 5.41 Å². The van der Waals surface area contributed by atoms with Crippen LogP contribution < -0.4 is 0 Å². The average molecular weight is 645 g/mol. The van der Waals surface area contributed by atoms with Crippen LogP contribution in [0.2, 0.25) is 0 Å². The molecule has 51 heavy (non-hydrogen) atoms. The molecule has 12 aromatic rings. The van der Waals surface area contributed by atoms with Gasteiger partial charge in [0.05, 0.1) is 38.5 Å². The molecule has 2 nitrogen and oxygen atoms in total. The summed E-state index contributed by atoms with van der Waals surface area (Å²) in [5.41, 5.74) is 15.2. The van der Waals surface area contributed by atoms with Crippen molar-refractivity contribution in [3.63, 3.8) is 0 Å². The highest BCUT2D eigenvalue weighted by Crippen LogP contribution is 2.61. The van der Waals surface area contributed by atoms with Crippen molar-refractivity contribution in [3.05, 3.63) is 192 Å². The van der Waals surface area contributed by atoms with E-state index in [4.69, 9.17) is 0 Å². The predicted octanol–water partition coefficient (Wildman–Crippen LogP) is 12.3. The van der Waals surface area contributed by atoms with Gasteiger partial charge >= 0.3 is 0 Å². The van der Waals surface area contributed by atoms with Gasteiger partial charge in [0.1, 0.15) is 0 Å². The fourth-order valence-corrected chi connectivity index (χ4v) is 10.5. The van der Waals surface area contributed by atoms with E-state index in [1.165, 1.54) is 110 Å². The topological polar surface area (TPSA) is 8.82 Å². The molecular weight excluding hydrogens is 617 g/mol. The van der Waals surface area contributed by atoms with Crippen molar-refractivity contribution in [1.82, 2.24) is 8.80 Å². The Kier molecular flexibility index (Phi) is 4.60. The Morgan fingerprint density at radius 3 is 1.49 bits per heavy atom. The maximum atomic E-state index is 2.59. The number of nitrogens with zero attached hydrogens (tertiary/aromatic N) is 2. The third-order valence-corrected chi connectivity index (χ3v) is 12.2. The van der Waals surface area contributed by atoms with Gasteiger partial charge in [0.25, 0.3) is 0 Å². The monoisotopic (exact) mass is 644 g/mol. The van der Waals surface area contributed by atoms with Crippen LogP contribution in [-0.4, -0.2) is 8.80 Å². The highest BCUT2D eigenvalue weighted by Gasteiger charge is 2.47. The lowest BCUT2D eigenvalue weighted by atomic mass is 9.67. The maximum absolute atomic E-state index is 2.59. The first-order valence-electron chi connectivity index (χ1n) is 17.9. The molecule has 0 fully saturated rings. The van der Waals surface area contributed by atoms with Gasteiger partial charge in [-0.2, -0.15) is 0 Å². The molecule has 8 aromatic carbocycles. The summed E-state index contributed by atoms with van der Waals surface area (Å²) in [5, 5.41) is 10.6. The highest BCUT2D eigenvalue weighted by molar-refractivity contribution is 6.40. The number of benzene rings is 8. The minimum atomic E-state index is -0.484. The number of hydrogen-bond acceptors (Lipinski definition) is 0. The lowest BCUT2D eigenvalue weighted by Crippen LogP contribution is -2.28. The van der Waals surface area contributed by atoms with Gasteiger partial charge in [-0.1, -0.05) is 140 Å². The quantitative estimate of drug-likeness (QED) is 0.177. The van der Waals surface area contributed by atoms with Crippen LogP contribution in [0.1, 0.15) is 22.3 Å². The molecule has 1 aliphatic carbocycles. The van der Waals surface area contributed by atoms with E-state index >= 15 is 0 Å². The second kappa shape index (κ2) is 8.93. The summed E-state index contributed by atoms with van der Waals surface area (Å²) in [7, 11) is 0. The first-order chi connectivity index (χ1) is 25.4. The molecule has 0 spiro atoms. The van der Waals surface area contributed by atoms with Gasteiger partial charge in [0, 0.05) is 43.1 Å². The number of rotatable bonds is 2. The van der Waals surface area contributed by atoms with Gasteiger partial charge in [-0.3, -0.25) is 0 Å². The van der Waals surface area contributed by atoms with E-state index in [0.717, 1.165) is 0 Å². The standard InChI is InChI=1S/C49H28N2/c1-3-15-29(16-4-1)49(30-17-5-2-6-18-30)37-23-11-7-21-33(37)43-38(49)27-35-31-19-8-13-25-40(31)51-42-28-36-32-20-9-12-24-39(32)50-41-26-14-10-22-34(41)44(47(36)50)45(42)46(43)48(35)51/h1-28H. The number of para-hydroxylation sites is 3. The maximum Gasteiger partial charge on any atom is 0.0714 e. The van der Waals surface area contributed by atoms with Crippen molar-refractivity contribution in [2.45, 2.75) is 5.41 Å². The SMILES string of the molecule is c1ccc(C2(c3ccccc3)c3ccccc3-c3c2cc2c4ccccc4n4c5cc6c7ccccc7n7c8ccccc8c(c5c3c24)c67)cc1. The van der Waals surface area contributed by atoms with Crippen molar-refractivity contribution < 1.29 is 0 Å². The summed E-state index contributed by atoms with van der Waals surface area (Å²) in [6.07, 6.45) is 0. The van der Waals surface area contributed by atoms with Crippen LogP contribution in [0.4, 0.5) is 0 Å². The lowest BCUT2D eigenvalue weighted by molar-refractivity contribution is 0.770. The van der Waals surface area contributed by atoms with Crippen LogP contribution in [0.25, 0.3) is 87.3 Å². The fraction of sp³-hybridized carbons (Fsp3) is 0.0204. The Labute approximate surface area is 292 Å². The van der Waals surface area contributed by atoms with Crippen LogP contribution in [0.5, 0.6) is 0 Å². The number of fused-ring (bicyclic) bond motifs is 17. The fourth-order valence-electron chi connectivity index (χ4n) is 10.5. The Hall–Kier alpha value is -6.64. The van der Waals surface area contributed by atoms with Crippen LogP contribution in [0.3, 0.4) is 0 Å². The molecule has 4 aromatic heterocycles. The summed E-state index contributed by atoms with van der Waals surface area (Å²) < 4.78 is 5.11. The second-order valence-corrected chi connectivity index (χ2v) is 14.4. The first-order valence-corrected chi connectivity index (χ1v) is 17.9. The van der Waals surface area contributed by atoms with Gasteiger partial charge in [-0.15, -0.1) is 0 Å². The van der Waals surface area contributed by atoms with Crippen molar-refractivity contribution in [2.24, 2.45) is 0 Å². The van der Waals surface area contributed by atoms with Crippen molar-refractivity contribution in [2.75, 3.05) is 0 Å². The average Bonchev–Trinajstić information content (AvgIpc) is 3.97. The van der Waals surface area contributed by atoms with E-state index in [1.807, 2.05) is 0 Å². The van der Waals surface area contributed by atoms with Gasteiger partial charge in [0.15, 0.2) is 0 Å². The molecule has 0 N–H and O–H groups in total. The van der Waals surface area contributed by atoms with Gasteiger partial charge in [-0.05, 0) is 63.7 Å². The van der Waals surface area contributed by atoms with Crippen molar-refractivity contribution in [1.29, 1.82) is 0 Å². The first kappa shape index (κ1) is 26.3. The third-order valence-electron chi connectivity index (χ3n) is 12.2. The number of hydrogen-bond donors (Lipinski definition) is 0. The van der Waals surface area contributed by atoms with E-state index in [1.54, 1.807) is 0 Å². The summed E-state index contributed by atoms with van der Waals surface area (Å²) >= 11 is 0. The van der Waals surface area contributed by atoms with Crippen LogP contribution >= 0.6 is 0 Å². The number of aromatic nitrogens is 2. The van der Waals surface area contributed by atoms with Gasteiger partial charge in [-0.25, -0.2) is 0 Å². The molecule has 1 aliphatic rings. The van der Waals surface area contributed by atoms with Crippen LogP contribution in [0, 0.1) is 0 Å². The molecule has 0 atom stereocenters. The molecule has 0 amide bonds. The molecule has 13 rings (SSSR count). The Morgan fingerprint density at radius 2 is 0.824 bits per heavy atom. The highest BCUT2D eigenvalue weighted by atomic mass is 14.9. The molecule has 0 saturated heterocycles. The smallest absolute Gasteiger partial charge is 0.0714 e. The summed E-state index contributed by atoms with van der Waals surface area (Å²) in [6, 6.07) is 63.7. The van der Waals surface area contributed by atoms with Gasteiger partial charge < -0.3 is 8.80 Å². The molecule has 0 bridgehead atoms. The molecule has 0 radical (unpaired) electrons. The minimum absolute atomic E-state index is 0.484. The normalized spacial score (nSPS) is 14.0. The molecular formula is C49H28N2. The zero-order chi connectivity index (χ0) is 33.0. The predicted molar refractivity (Wildman–Crippen MR) is 213 cm³/mol. The Bertz CT molecular complexity index is 3360. The summed E-state index contributed by atoms with van der Waals surface area (Å²) in [6.45, 7) is 0. The molecule has 2 heteroatoms. The molecule has 4 heterocycles. The van der Waals surface area contributed by atoms with Crippen molar-refractivity contribution in [3.8, 4) is 11.1 Å². The van der Waals surface area contributed by atoms with Gasteiger partial charge in [0.2, 0.25) is 0 Å². The molecule has 0 saturated carbocycles. The summed E-state index contributed by atoms with van der Waals surface area (Å²) in [5.74, 6) is 0. The van der Waals surface area contributed by atoms with E-state index in [9.17, 15) is 0 Å². The van der Waals surface area contributed by atoms with E-state index in [2.05, 4.69) is 179 Å². The largest absolute Gasteiger partial charge is 0.308 e. The molecule has 0 unspecified atom stereocenters. The van der Waals surface area contributed by atoms with Crippen LogP contribution in [0.15, 0.2) is 170 Å². The van der Waals surface area contributed by atoms with E-state index in [0.29, 0.717) is 0 Å². The van der Waals surface area contributed by atoms with E-state index < -0.39 is 5.41 Å². The Balaban J connectivity index is 1.38. The zero-order valence-corrected chi connectivity index (χ0v) is 27.6.